The predicted octanol–water partition coefficient (Wildman–Crippen LogP) is 3.05. The first-order valence-corrected chi connectivity index (χ1v) is 5.85. The van der Waals surface area contributed by atoms with Crippen molar-refractivity contribution in [1.29, 1.82) is 0 Å². The summed E-state index contributed by atoms with van der Waals surface area (Å²) in [6.07, 6.45) is 0.764. The van der Waals surface area contributed by atoms with E-state index in [2.05, 4.69) is 0 Å². The number of hydrogen-bond acceptors (Lipinski definition) is 2. The van der Waals surface area contributed by atoms with Gasteiger partial charge in [0.1, 0.15) is 0 Å². The highest BCUT2D eigenvalue weighted by molar-refractivity contribution is 6.42. The molecule has 0 unspecified atom stereocenters. The summed E-state index contributed by atoms with van der Waals surface area (Å²) in [5, 5.41) is 0. The van der Waals surface area contributed by atoms with Gasteiger partial charge in [-0.1, -0.05) is 48.5 Å². The maximum Gasteiger partial charge on any atom is 0.228 e. The molecule has 2 heteroatoms. The van der Waals surface area contributed by atoms with Gasteiger partial charge in [0.15, 0.2) is 5.78 Å². The smallest absolute Gasteiger partial charge is 0.228 e. The highest BCUT2D eigenvalue weighted by atomic mass is 16.2. The number of carbonyl (C=O) groups excluding carboxylic acids is 2. The normalized spacial score (nSPS) is 10.1. The van der Waals surface area contributed by atoms with E-state index in [9.17, 15) is 9.59 Å². The first-order valence-electron chi connectivity index (χ1n) is 5.85. The second kappa shape index (κ2) is 5.41. The molecular weight excluding hydrogens is 224 g/mol. The zero-order chi connectivity index (χ0) is 13.0. The van der Waals surface area contributed by atoms with Gasteiger partial charge in [0.05, 0.1) is 0 Å². The van der Waals surface area contributed by atoms with E-state index in [4.69, 9.17) is 0 Å². The average Bonchev–Trinajstić information content (AvgIpc) is 2.39. The maximum absolute atomic E-state index is 11.6. The predicted molar refractivity (Wildman–Crippen MR) is 70.7 cm³/mol. The van der Waals surface area contributed by atoms with Crippen LogP contribution in [-0.2, 0) is 11.2 Å². The Morgan fingerprint density at radius 2 is 1.56 bits per heavy atom. The molecule has 0 heterocycles. The van der Waals surface area contributed by atoms with Crippen molar-refractivity contribution in [2.45, 2.75) is 13.3 Å². The van der Waals surface area contributed by atoms with Gasteiger partial charge in [-0.25, -0.2) is 0 Å². The summed E-state index contributed by atoms with van der Waals surface area (Å²) >= 11 is 0. The molecule has 0 saturated carbocycles. The van der Waals surface area contributed by atoms with E-state index in [-0.39, 0.29) is 0 Å². The number of rotatable bonds is 4. The quantitative estimate of drug-likeness (QED) is 0.606. The van der Waals surface area contributed by atoms with E-state index in [1.165, 1.54) is 12.5 Å². The molecule has 0 aliphatic carbocycles. The summed E-state index contributed by atoms with van der Waals surface area (Å²) in [4.78, 5) is 22.7. The standard InChI is InChI=1S/C16H14O2/c1-12(17)16(18)15-9-5-8-14(11-15)10-13-6-3-2-4-7-13/h2-9,11H,10H2,1H3. The van der Waals surface area contributed by atoms with Crippen molar-refractivity contribution in [2.24, 2.45) is 0 Å². The minimum absolute atomic E-state index is 0.424. The van der Waals surface area contributed by atoms with Crippen LogP contribution in [0.2, 0.25) is 0 Å². The zero-order valence-electron chi connectivity index (χ0n) is 10.2. The van der Waals surface area contributed by atoms with Gasteiger partial charge in [0, 0.05) is 12.5 Å². The monoisotopic (exact) mass is 238 g/mol. The second-order valence-electron chi connectivity index (χ2n) is 4.25. The first-order chi connectivity index (χ1) is 8.66. The van der Waals surface area contributed by atoms with E-state index in [1.807, 2.05) is 42.5 Å². The Morgan fingerprint density at radius 1 is 0.889 bits per heavy atom. The van der Waals surface area contributed by atoms with Crippen LogP contribution in [0.15, 0.2) is 54.6 Å². The third kappa shape index (κ3) is 2.92. The van der Waals surface area contributed by atoms with Crippen LogP contribution < -0.4 is 0 Å². The lowest BCUT2D eigenvalue weighted by Crippen LogP contribution is -2.09. The molecule has 0 bridgehead atoms. The van der Waals surface area contributed by atoms with E-state index < -0.39 is 11.6 Å². The minimum atomic E-state index is -0.426. The Hall–Kier alpha value is -2.22. The molecule has 0 saturated heterocycles. The highest BCUT2D eigenvalue weighted by Crippen LogP contribution is 2.12. The van der Waals surface area contributed by atoms with Gasteiger partial charge >= 0.3 is 0 Å². The highest BCUT2D eigenvalue weighted by Gasteiger charge is 2.11. The lowest BCUT2D eigenvalue weighted by molar-refractivity contribution is -0.113. The maximum atomic E-state index is 11.6. The number of benzene rings is 2. The average molecular weight is 238 g/mol. The van der Waals surface area contributed by atoms with Gasteiger partial charge in [0.25, 0.3) is 0 Å². The molecule has 0 aliphatic heterocycles. The second-order valence-corrected chi connectivity index (χ2v) is 4.25. The van der Waals surface area contributed by atoms with E-state index in [1.54, 1.807) is 12.1 Å². The van der Waals surface area contributed by atoms with E-state index in [0.29, 0.717) is 5.56 Å². The molecule has 0 radical (unpaired) electrons. The Kier molecular flexibility index (Phi) is 3.68. The van der Waals surface area contributed by atoms with Crippen molar-refractivity contribution < 1.29 is 9.59 Å². The Morgan fingerprint density at radius 3 is 2.22 bits per heavy atom. The molecule has 18 heavy (non-hydrogen) atoms. The molecular formula is C16H14O2. The summed E-state index contributed by atoms with van der Waals surface area (Å²) in [6.45, 7) is 1.30. The summed E-state index contributed by atoms with van der Waals surface area (Å²) in [5.41, 5.74) is 2.69. The SMILES string of the molecule is CC(=O)C(=O)c1cccc(Cc2ccccc2)c1. The molecule has 0 aromatic heterocycles. The van der Waals surface area contributed by atoms with Crippen molar-refractivity contribution >= 4 is 11.6 Å². The largest absolute Gasteiger partial charge is 0.291 e. The van der Waals surface area contributed by atoms with Crippen LogP contribution >= 0.6 is 0 Å². The molecule has 0 aliphatic rings. The zero-order valence-corrected chi connectivity index (χ0v) is 10.2. The third-order valence-electron chi connectivity index (χ3n) is 2.76. The van der Waals surface area contributed by atoms with Gasteiger partial charge in [-0.3, -0.25) is 9.59 Å². The number of carbonyl (C=O) groups is 2. The molecule has 0 fully saturated rings. The molecule has 2 nitrogen and oxygen atoms in total. The van der Waals surface area contributed by atoms with Gasteiger partial charge in [-0.05, 0) is 23.6 Å². The van der Waals surface area contributed by atoms with E-state index >= 15 is 0 Å². The summed E-state index contributed by atoms with van der Waals surface area (Å²) in [5.74, 6) is -0.850. The molecule has 2 aromatic carbocycles. The summed E-state index contributed by atoms with van der Waals surface area (Å²) < 4.78 is 0. The Balaban J connectivity index is 2.23. The lowest BCUT2D eigenvalue weighted by atomic mass is 10.0. The van der Waals surface area contributed by atoms with Crippen LogP contribution in [0.1, 0.15) is 28.4 Å². The molecule has 2 aromatic rings. The van der Waals surface area contributed by atoms with Gasteiger partial charge < -0.3 is 0 Å². The minimum Gasteiger partial charge on any atom is -0.291 e. The number of Topliss-reactive ketones (excluding diaryl/α,β-unsaturated/α-hetero) is 2. The van der Waals surface area contributed by atoms with Crippen molar-refractivity contribution in [3.63, 3.8) is 0 Å². The van der Waals surface area contributed by atoms with Crippen LogP contribution in [0, 0.1) is 0 Å². The summed E-state index contributed by atoms with van der Waals surface area (Å²) in [7, 11) is 0. The molecule has 0 amide bonds. The Bertz CT molecular complexity index is 571. The van der Waals surface area contributed by atoms with Crippen molar-refractivity contribution in [1.82, 2.24) is 0 Å². The fraction of sp³-hybridized carbons (Fsp3) is 0.125. The molecule has 2 rings (SSSR count). The van der Waals surface area contributed by atoms with Crippen LogP contribution in [0.25, 0.3) is 0 Å². The number of ketones is 2. The fourth-order valence-corrected chi connectivity index (χ4v) is 1.86. The van der Waals surface area contributed by atoms with E-state index in [0.717, 1.165) is 12.0 Å². The van der Waals surface area contributed by atoms with Crippen LogP contribution in [0.5, 0.6) is 0 Å². The van der Waals surface area contributed by atoms with Crippen molar-refractivity contribution in [3.8, 4) is 0 Å². The van der Waals surface area contributed by atoms with Gasteiger partial charge in [0.2, 0.25) is 5.78 Å². The molecule has 0 spiro atoms. The fourth-order valence-electron chi connectivity index (χ4n) is 1.86. The number of hydrogen-bond donors (Lipinski definition) is 0. The van der Waals surface area contributed by atoms with Crippen LogP contribution in [0.3, 0.4) is 0 Å². The van der Waals surface area contributed by atoms with Crippen LogP contribution in [0.4, 0.5) is 0 Å². The van der Waals surface area contributed by atoms with Gasteiger partial charge in [-0.15, -0.1) is 0 Å². The third-order valence-corrected chi connectivity index (χ3v) is 2.76. The topological polar surface area (TPSA) is 34.1 Å². The molecule has 0 N–H and O–H groups in total. The molecule has 0 atom stereocenters. The van der Waals surface area contributed by atoms with Crippen molar-refractivity contribution in [2.75, 3.05) is 0 Å². The van der Waals surface area contributed by atoms with Crippen molar-refractivity contribution in [3.05, 3.63) is 71.3 Å². The summed E-state index contributed by atoms with van der Waals surface area (Å²) in [6, 6.07) is 17.3. The lowest BCUT2D eigenvalue weighted by Gasteiger charge is -2.04. The molecule has 90 valence electrons. The van der Waals surface area contributed by atoms with Crippen LogP contribution in [-0.4, -0.2) is 11.6 Å². The first kappa shape index (κ1) is 12.2. The van der Waals surface area contributed by atoms with Gasteiger partial charge in [-0.2, -0.15) is 0 Å². The Labute approximate surface area is 106 Å².